The zero-order valence-corrected chi connectivity index (χ0v) is 12.8. The van der Waals surface area contributed by atoms with Crippen molar-refractivity contribution in [2.75, 3.05) is 13.7 Å². The monoisotopic (exact) mass is 275 g/mol. The van der Waals surface area contributed by atoms with Crippen LogP contribution in [0.1, 0.15) is 34.5 Å². The topological polar surface area (TPSA) is 21.3 Å². The lowest BCUT2D eigenvalue weighted by Gasteiger charge is -2.20. The Labute approximate surface area is 119 Å². The summed E-state index contributed by atoms with van der Waals surface area (Å²) in [7, 11) is 1.73. The quantitative estimate of drug-likeness (QED) is 0.888. The summed E-state index contributed by atoms with van der Waals surface area (Å²) in [5.41, 5.74) is 3.78. The summed E-state index contributed by atoms with van der Waals surface area (Å²) in [6.07, 6.45) is 0. The van der Waals surface area contributed by atoms with Crippen LogP contribution in [0.4, 0.5) is 0 Å². The molecule has 0 amide bonds. The highest BCUT2D eigenvalue weighted by Gasteiger charge is 2.17. The van der Waals surface area contributed by atoms with E-state index in [1.165, 1.54) is 21.6 Å². The predicted molar refractivity (Wildman–Crippen MR) is 82.3 cm³/mol. The van der Waals surface area contributed by atoms with Gasteiger partial charge in [0.2, 0.25) is 0 Å². The molecule has 1 N–H and O–H groups in total. The van der Waals surface area contributed by atoms with Gasteiger partial charge in [-0.15, -0.1) is 11.3 Å². The summed E-state index contributed by atoms with van der Waals surface area (Å²) in [4.78, 5) is 1.37. The van der Waals surface area contributed by atoms with Crippen LogP contribution < -0.4 is 10.1 Å². The zero-order valence-electron chi connectivity index (χ0n) is 12.0. The first-order chi connectivity index (χ1) is 9.17. The van der Waals surface area contributed by atoms with E-state index in [0.29, 0.717) is 0 Å². The predicted octanol–water partition coefficient (Wildman–Crippen LogP) is 4.07. The Kier molecular flexibility index (Phi) is 4.61. The van der Waals surface area contributed by atoms with Gasteiger partial charge < -0.3 is 10.1 Å². The molecule has 1 atom stereocenters. The van der Waals surface area contributed by atoms with Crippen LogP contribution in [0, 0.1) is 13.8 Å². The van der Waals surface area contributed by atoms with Crippen molar-refractivity contribution in [3.8, 4) is 5.75 Å². The van der Waals surface area contributed by atoms with Gasteiger partial charge in [0.1, 0.15) is 5.75 Å². The zero-order chi connectivity index (χ0) is 13.8. The highest BCUT2D eigenvalue weighted by molar-refractivity contribution is 7.10. The Balaban J connectivity index is 2.42. The minimum atomic E-state index is 0.241. The molecule has 2 nitrogen and oxygen atoms in total. The maximum absolute atomic E-state index is 5.44. The molecule has 2 rings (SSSR count). The number of hydrogen-bond donors (Lipinski definition) is 1. The van der Waals surface area contributed by atoms with Gasteiger partial charge in [-0.2, -0.15) is 0 Å². The summed E-state index contributed by atoms with van der Waals surface area (Å²) < 4.78 is 5.44. The molecule has 0 bridgehead atoms. The van der Waals surface area contributed by atoms with E-state index >= 15 is 0 Å². The number of benzene rings is 1. The second kappa shape index (κ2) is 6.22. The van der Waals surface area contributed by atoms with Crippen LogP contribution in [0.3, 0.4) is 0 Å². The van der Waals surface area contributed by atoms with Gasteiger partial charge in [-0.25, -0.2) is 0 Å². The van der Waals surface area contributed by atoms with Crippen LogP contribution in [0.5, 0.6) is 5.75 Å². The fourth-order valence-corrected chi connectivity index (χ4v) is 3.06. The first-order valence-electron chi connectivity index (χ1n) is 6.59. The van der Waals surface area contributed by atoms with Gasteiger partial charge in [0, 0.05) is 4.88 Å². The molecule has 102 valence electrons. The lowest BCUT2D eigenvalue weighted by molar-refractivity contribution is 0.410. The molecule has 0 aliphatic heterocycles. The van der Waals surface area contributed by atoms with Gasteiger partial charge >= 0.3 is 0 Å². The van der Waals surface area contributed by atoms with E-state index in [-0.39, 0.29) is 6.04 Å². The molecule has 0 aliphatic rings. The molecular weight excluding hydrogens is 254 g/mol. The molecule has 1 heterocycles. The molecule has 1 unspecified atom stereocenters. The summed E-state index contributed by atoms with van der Waals surface area (Å²) in [5, 5.41) is 5.72. The second-order valence-corrected chi connectivity index (χ2v) is 5.77. The van der Waals surface area contributed by atoms with Gasteiger partial charge in [-0.3, -0.25) is 0 Å². The third kappa shape index (κ3) is 2.99. The molecule has 19 heavy (non-hydrogen) atoms. The fraction of sp³-hybridized carbons (Fsp3) is 0.375. The molecule has 0 saturated carbocycles. The van der Waals surface area contributed by atoms with Crippen LogP contribution >= 0.6 is 11.3 Å². The Bertz CT molecular complexity index is 547. The van der Waals surface area contributed by atoms with E-state index in [1.807, 2.05) is 0 Å². The SMILES string of the molecule is CCNC(c1ccc(C)c(OC)c1)c1ccsc1C. The molecule has 3 heteroatoms. The second-order valence-electron chi connectivity index (χ2n) is 4.65. The number of hydrogen-bond acceptors (Lipinski definition) is 3. The third-order valence-electron chi connectivity index (χ3n) is 3.38. The summed E-state index contributed by atoms with van der Waals surface area (Å²) in [6, 6.07) is 8.90. The Morgan fingerprint density at radius 3 is 2.63 bits per heavy atom. The summed E-state index contributed by atoms with van der Waals surface area (Å²) in [6.45, 7) is 7.33. The number of nitrogens with one attached hydrogen (secondary N) is 1. The van der Waals surface area contributed by atoms with Crippen LogP contribution in [0.25, 0.3) is 0 Å². The lowest BCUT2D eigenvalue weighted by atomic mass is 9.98. The van der Waals surface area contributed by atoms with Gasteiger partial charge in [-0.1, -0.05) is 19.1 Å². The van der Waals surface area contributed by atoms with E-state index in [2.05, 4.69) is 55.7 Å². The number of methoxy groups -OCH3 is 1. The van der Waals surface area contributed by atoms with E-state index in [1.54, 1.807) is 18.4 Å². The molecule has 0 fully saturated rings. The first kappa shape index (κ1) is 14.1. The van der Waals surface area contributed by atoms with Crippen molar-refractivity contribution < 1.29 is 4.74 Å². The number of thiophene rings is 1. The Morgan fingerprint density at radius 2 is 2.05 bits per heavy atom. The van der Waals surface area contributed by atoms with Gasteiger partial charge in [-0.05, 0) is 54.6 Å². The van der Waals surface area contributed by atoms with Gasteiger partial charge in [0.25, 0.3) is 0 Å². The number of rotatable bonds is 5. The maximum Gasteiger partial charge on any atom is 0.122 e. The minimum absolute atomic E-state index is 0.241. The van der Waals surface area contributed by atoms with E-state index in [4.69, 9.17) is 4.74 Å². The normalized spacial score (nSPS) is 12.4. The molecule has 0 radical (unpaired) electrons. The fourth-order valence-electron chi connectivity index (χ4n) is 2.32. The molecule has 0 saturated heterocycles. The highest BCUT2D eigenvalue weighted by Crippen LogP contribution is 2.31. The van der Waals surface area contributed by atoms with E-state index in [9.17, 15) is 0 Å². The third-order valence-corrected chi connectivity index (χ3v) is 4.25. The molecule has 0 spiro atoms. The highest BCUT2D eigenvalue weighted by atomic mass is 32.1. The molecule has 2 aromatic rings. The van der Waals surface area contributed by atoms with Crippen molar-refractivity contribution in [3.05, 3.63) is 51.2 Å². The average molecular weight is 275 g/mol. The smallest absolute Gasteiger partial charge is 0.122 e. The molecular formula is C16H21NOS. The van der Waals surface area contributed by atoms with E-state index < -0.39 is 0 Å². The Hall–Kier alpha value is -1.32. The first-order valence-corrected chi connectivity index (χ1v) is 7.47. The Morgan fingerprint density at radius 1 is 1.26 bits per heavy atom. The number of ether oxygens (including phenoxy) is 1. The van der Waals surface area contributed by atoms with Crippen molar-refractivity contribution in [1.29, 1.82) is 0 Å². The average Bonchev–Trinajstić information content (AvgIpc) is 2.83. The summed E-state index contributed by atoms with van der Waals surface area (Å²) in [5.74, 6) is 0.952. The molecule has 1 aromatic carbocycles. The molecule has 1 aromatic heterocycles. The van der Waals surface area contributed by atoms with Crippen molar-refractivity contribution in [1.82, 2.24) is 5.32 Å². The maximum atomic E-state index is 5.44. The van der Waals surface area contributed by atoms with Crippen molar-refractivity contribution in [3.63, 3.8) is 0 Å². The van der Waals surface area contributed by atoms with Gasteiger partial charge in [0.05, 0.1) is 13.2 Å². The van der Waals surface area contributed by atoms with Gasteiger partial charge in [0.15, 0.2) is 0 Å². The molecule has 0 aliphatic carbocycles. The van der Waals surface area contributed by atoms with Crippen molar-refractivity contribution in [2.24, 2.45) is 0 Å². The van der Waals surface area contributed by atoms with Crippen molar-refractivity contribution in [2.45, 2.75) is 26.8 Å². The minimum Gasteiger partial charge on any atom is -0.496 e. The van der Waals surface area contributed by atoms with E-state index in [0.717, 1.165) is 12.3 Å². The van der Waals surface area contributed by atoms with Crippen LogP contribution in [0.2, 0.25) is 0 Å². The van der Waals surface area contributed by atoms with Crippen LogP contribution in [-0.2, 0) is 0 Å². The van der Waals surface area contributed by atoms with Crippen molar-refractivity contribution >= 4 is 11.3 Å². The summed E-state index contributed by atoms with van der Waals surface area (Å²) >= 11 is 1.80. The van der Waals surface area contributed by atoms with Crippen LogP contribution in [0.15, 0.2) is 29.6 Å². The standard InChI is InChI=1S/C16H21NOS/c1-5-17-16(14-8-9-19-12(14)3)13-7-6-11(2)15(10-13)18-4/h6-10,16-17H,5H2,1-4H3. The van der Waals surface area contributed by atoms with Crippen LogP contribution in [-0.4, -0.2) is 13.7 Å². The largest absolute Gasteiger partial charge is 0.496 e. The lowest BCUT2D eigenvalue weighted by Crippen LogP contribution is -2.22. The number of aryl methyl sites for hydroxylation is 2.